The maximum atomic E-state index is 12.3. The van der Waals surface area contributed by atoms with E-state index in [0.29, 0.717) is 26.7 Å². The van der Waals surface area contributed by atoms with Crippen molar-refractivity contribution in [3.63, 3.8) is 0 Å². The van der Waals surface area contributed by atoms with Gasteiger partial charge >= 0.3 is 6.36 Å². The molecule has 0 unspecified atom stereocenters. The predicted molar refractivity (Wildman–Crippen MR) is 107 cm³/mol. The Kier molecular flexibility index (Phi) is 6.84. The van der Waals surface area contributed by atoms with Crippen molar-refractivity contribution in [3.8, 4) is 17.0 Å². The molecule has 3 aromatic rings. The first-order valence-corrected chi connectivity index (χ1v) is 10.9. The third-order valence-corrected chi connectivity index (χ3v) is 5.89. The molecule has 1 aromatic heterocycles. The Morgan fingerprint density at radius 3 is 2.35 bits per heavy atom. The lowest BCUT2D eigenvalue weighted by atomic mass is 10.1. The molecule has 0 fully saturated rings. The number of primary sulfonamides is 1. The minimum atomic E-state index is -4.77. The summed E-state index contributed by atoms with van der Waals surface area (Å²) in [5.41, 5.74) is 1.39. The molecule has 0 bridgehead atoms. The Balaban J connectivity index is 1.93. The van der Waals surface area contributed by atoms with E-state index in [1.165, 1.54) is 61.6 Å². The Labute approximate surface area is 180 Å². The summed E-state index contributed by atoms with van der Waals surface area (Å²) in [4.78, 5) is 9.17. The summed E-state index contributed by atoms with van der Waals surface area (Å²) in [6.45, 7) is 0.0169. The van der Waals surface area contributed by atoms with E-state index in [1.54, 1.807) is 12.1 Å². The van der Waals surface area contributed by atoms with Gasteiger partial charge in [0, 0.05) is 30.0 Å². The number of sulfonamides is 1. The molecule has 164 valence electrons. The molecule has 31 heavy (non-hydrogen) atoms. The zero-order valence-corrected chi connectivity index (χ0v) is 17.6. The zero-order chi connectivity index (χ0) is 22.6. The number of aromatic nitrogens is 2. The van der Waals surface area contributed by atoms with Gasteiger partial charge in [-0.25, -0.2) is 18.5 Å². The fourth-order valence-electron chi connectivity index (χ4n) is 2.69. The molecule has 0 spiro atoms. The van der Waals surface area contributed by atoms with Crippen LogP contribution in [0.1, 0.15) is 5.56 Å². The Morgan fingerprint density at radius 1 is 1.06 bits per heavy atom. The number of nitrogens with zero attached hydrogens (tertiary/aromatic N) is 2. The molecular formula is C19H16F3N3O4S2. The van der Waals surface area contributed by atoms with Gasteiger partial charge in [-0.1, -0.05) is 17.8 Å². The summed E-state index contributed by atoms with van der Waals surface area (Å²) in [5.74, 6) is -0.334. The average molecular weight is 471 g/mol. The summed E-state index contributed by atoms with van der Waals surface area (Å²) in [6.07, 6.45) is -1.82. The van der Waals surface area contributed by atoms with Crippen LogP contribution in [0.5, 0.6) is 5.75 Å². The van der Waals surface area contributed by atoms with Crippen LogP contribution in [0, 0.1) is 0 Å². The molecule has 2 aromatic carbocycles. The standard InChI is InChI=1S/C19H16F3N3O4S2/c1-28-11-13-10-12(2-7-16(13)31(23,26)27)17-18(25-9-8-24-17)30-15-5-3-14(4-6-15)29-19(20,21)22/h2-10H,11H2,1H3,(H2,23,26,27). The van der Waals surface area contributed by atoms with E-state index >= 15 is 0 Å². The number of rotatable bonds is 7. The minimum Gasteiger partial charge on any atom is -0.406 e. The van der Waals surface area contributed by atoms with Crippen LogP contribution >= 0.6 is 11.8 Å². The number of benzene rings is 2. The van der Waals surface area contributed by atoms with Gasteiger partial charge in [-0.2, -0.15) is 0 Å². The van der Waals surface area contributed by atoms with Crippen LogP contribution in [-0.2, 0) is 21.4 Å². The Bertz CT molecular complexity index is 1170. The molecule has 0 atom stereocenters. The second-order valence-electron chi connectivity index (χ2n) is 6.13. The van der Waals surface area contributed by atoms with E-state index in [4.69, 9.17) is 9.88 Å². The normalized spacial score (nSPS) is 12.0. The molecule has 12 heteroatoms. The SMILES string of the molecule is COCc1cc(-c2nccnc2Sc2ccc(OC(F)(F)F)cc2)ccc1S(N)(=O)=O. The van der Waals surface area contributed by atoms with Crippen molar-refractivity contribution in [2.24, 2.45) is 5.14 Å². The zero-order valence-electron chi connectivity index (χ0n) is 16.0. The quantitative estimate of drug-likeness (QED) is 0.556. The molecule has 0 amide bonds. The first kappa shape index (κ1) is 23.0. The Hall–Kier alpha value is -2.67. The van der Waals surface area contributed by atoms with Crippen LogP contribution in [0.25, 0.3) is 11.3 Å². The van der Waals surface area contributed by atoms with Crippen molar-refractivity contribution in [2.45, 2.75) is 27.8 Å². The van der Waals surface area contributed by atoms with E-state index in [1.807, 2.05) is 0 Å². The predicted octanol–water partition coefficient (Wildman–Crippen LogP) is 3.99. The average Bonchev–Trinajstić information content (AvgIpc) is 2.68. The van der Waals surface area contributed by atoms with Crippen LogP contribution in [0.3, 0.4) is 0 Å². The smallest absolute Gasteiger partial charge is 0.406 e. The number of methoxy groups -OCH3 is 1. The molecule has 0 aliphatic heterocycles. The third-order valence-electron chi connectivity index (χ3n) is 3.88. The van der Waals surface area contributed by atoms with Crippen molar-refractivity contribution in [1.29, 1.82) is 0 Å². The van der Waals surface area contributed by atoms with Crippen LogP contribution in [0.2, 0.25) is 0 Å². The highest BCUT2D eigenvalue weighted by Gasteiger charge is 2.31. The fraction of sp³-hybridized carbons (Fsp3) is 0.158. The van der Waals surface area contributed by atoms with Crippen molar-refractivity contribution in [1.82, 2.24) is 9.97 Å². The van der Waals surface area contributed by atoms with Crippen LogP contribution < -0.4 is 9.88 Å². The largest absolute Gasteiger partial charge is 0.573 e. The number of hydrogen-bond acceptors (Lipinski definition) is 7. The molecule has 0 radical (unpaired) electrons. The lowest BCUT2D eigenvalue weighted by Crippen LogP contribution is -2.16. The summed E-state index contributed by atoms with van der Waals surface area (Å²) in [6, 6.07) is 9.83. The van der Waals surface area contributed by atoms with Gasteiger partial charge in [-0.05, 0) is 42.0 Å². The third kappa shape index (κ3) is 6.17. The van der Waals surface area contributed by atoms with Gasteiger partial charge in [0.2, 0.25) is 10.0 Å². The van der Waals surface area contributed by atoms with E-state index in [2.05, 4.69) is 14.7 Å². The molecule has 1 heterocycles. The number of alkyl halides is 3. The summed E-state index contributed by atoms with van der Waals surface area (Å²) in [5, 5.41) is 5.73. The minimum absolute atomic E-state index is 0.0169. The van der Waals surface area contributed by atoms with Gasteiger partial charge in [-0.15, -0.1) is 13.2 Å². The van der Waals surface area contributed by atoms with Gasteiger partial charge in [-0.3, -0.25) is 4.98 Å². The van der Waals surface area contributed by atoms with E-state index in [-0.39, 0.29) is 17.3 Å². The molecule has 0 saturated carbocycles. The molecule has 0 aliphatic rings. The first-order valence-electron chi connectivity index (χ1n) is 8.56. The van der Waals surface area contributed by atoms with E-state index < -0.39 is 16.4 Å². The molecule has 7 nitrogen and oxygen atoms in total. The monoisotopic (exact) mass is 471 g/mol. The number of nitrogens with two attached hydrogens (primary N) is 1. The number of ether oxygens (including phenoxy) is 2. The maximum absolute atomic E-state index is 12.3. The number of halogens is 3. The topological polar surface area (TPSA) is 104 Å². The van der Waals surface area contributed by atoms with Crippen LogP contribution in [-0.4, -0.2) is 31.9 Å². The highest BCUT2D eigenvalue weighted by Crippen LogP contribution is 2.35. The van der Waals surface area contributed by atoms with Gasteiger partial charge in [0.25, 0.3) is 0 Å². The van der Waals surface area contributed by atoms with Crippen LogP contribution in [0.15, 0.2) is 69.7 Å². The van der Waals surface area contributed by atoms with Gasteiger partial charge in [0.1, 0.15) is 16.5 Å². The van der Waals surface area contributed by atoms with Gasteiger partial charge < -0.3 is 9.47 Å². The van der Waals surface area contributed by atoms with Crippen molar-refractivity contribution in [2.75, 3.05) is 7.11 Å². The molecule has 0 saturated heterocycles. The highest BCUT2D eigenvalue weighted by molar-refractivity contribution is 7.99. The molecule has 3 rings (SSSR count). The molecule has 2 N–H and O–H groups in total. The first-order chi connectivity index (χ1) is 14.6. The summed E-state index contributed by atoms with van der Waals surface area (Å²) in [7, 11) is -2.52. The van der Waals surface area contributed by atoms with E-state index in [0.717, 1.165) is 0 Å². The molecular weight excluding hydrogens is 455 g/mol. The number of hydrogen-bond donors (Lipinski definition) is 1. The second-order valence-corrected chi connectivity index (χ2v) is 8.72. The van der Waals surface area contributed by atoms with Crippen molar-refractivity contribution < 1.29 is 31.1 Å². The fourth-order valence-corrected chi connectivity index (χ4v) is 4.31. The summed E-state index contributed by atoms with van der Waals surface area (Å²) >= 11 is 1.18. The highest BCUT2D eigenvalue weighted by atomic mass is 32.2. The van der Waals surface area contributed by atoms with Crippen molar-refractivity contribution >= 4 is 21.8 Å². The van der Waals surface area contributed by atoms with Gasteiger partial charge in [0.05, 0.1) is 11.5 Å². The van der Waals surface area contributed by atoms with Crippen molar-refractivity contribution in [3.05, 3.63) is 60.4 Å². The van der Waals surface area contributed by atoms with E-state index in [9.17, 15) is 21.6 Å². The lowest BCUT2D eigenvalue weighted by Gasteiger charge is -2.12. The molecule has 0 aliphatic carbocycles. The summed E-state index contributed by atoms with van der Waals surface area (Å²) < 4.78 is 69.5. The van der Waals surface area contributed by atoms with Crippen LogP contribution in [0.4, 0.5) is 13.2 Å². The maximum Gasteiger partial charge on any atom is 0.573 e. The Morgan fingerprint density at radius 2 is 1.74 bits per heavy atom. The van der Waals surface area contributed by atoms with Gasteiger partial charge in [0.15, 0.2) is 0 Å². The lowest BCUT2D eigenvalue weighted by molar-refractivity contribution is -0.274. The second kappa shape index (κ2) is 9.22.